The standard InChI is InChI=1S/C14H26N2O2/c1-4-7-9-18-10-8-16-14(6-3)12(11-17)13(5-2)15-16/h17H,4-11H2,1-3H3. The normalized spacial score (nSPS) is 11.1. The molecule has 0 aliphatic rings. The summed E-state index contributed by atoms with van der Waals surface area (Å²) in [5.74, 6) is 0. The lowest BCUT2D eigenvalue weighted by Gasteiger charge is -2.07. The minimum absolute atomic E-state index is 0.0863. The topological polar surface area (TPSA) is 47.3 Å². The van der Waals surface area contributed by atoms with Crippen molar-refractivity contribution < 1.29 is 9.84 Å². The Balaban J connectivity index is 2.61. The van der Waals surface area contributed by atoms with Crippen LogP contribution in [0.15, 0.2) is 0 Å². The van der Waals surface area contributed by atoms with Crippen LogP contribution in [0.2, 0.25) is 0 Å². The molecule has 0 bridgehead atoms. The molecule has 0 unspecified atom stereocenters. The predicted molar refractivity (Wildman–Crippen MR) is 72.6 cm³/mol. The smallest absolute Gasteiger partial charge is 0.0718 e. The lowest BCUT2D eigenvalue weighted by atomic mass is 10.1. The van der Waals surface area contributed by atoms with Crippen LogP contribution in [0, 0.1) is 0 Å². The fourth-order valence-electron chi connectivity index (χ4n) is 2.14. The molecule has 0 aliphatic carbocycles. The summed E-state index contributed by atoms with van der Waals surface area (Å²) < 4.78 is 7.57. The van der Waals surface area contributed by atoms with Gasteiger partial charge in [-0.05, 0) is 19.3 Å². The first kappa shape index (κ1) is 15.2. The van der Waals surface area contributed by atoms with Crippen molar-refractivity contribution in [3.63, 3.8) is 0 Å². The molecule has 0 aromatic carbocycles. The van der Waals surface area contributed by atoms with Crippen molar-refractivity contribution in [3.05, 3.63) is 17.0 Å². The quantitative estimate of drug-likeness (QED) is 0.688. The SMILES string of the molecule is CCCCOCCn1nc(CC)c(CO)c1CC. The lowest BCUT2D eigenvalue weighted by Crippen LogP contribution is -2.11. The van der Waals surface area contributed by atoms with Gasteiger partial charge in [-0.1, -0.05) is 27.2 Å². The van der Waals surface area contributed by atoms with E-state index < -0.39 is 0 Å². The van der Waals surface area contributed by atoms with Gasteiger partial charge in [0.2, 0.25) is 0 Å². The second-order valence-electron chi connectivity index (χ2n) is 4.43. The van der Waals surface area contributed by atoms with Crippen molar-refractivity contribution in [2.45, 2.75) is 59.6 Å². The Morgan fingerprint density at radius 3 is 2.50 bits per heavy atom. The molecule has 0 spiro atoms. The van der Waals surface area contributed by atoms with Gasteiger partial charge in [0.1, 0.15) is 0 Å². The average Bonchev–Trinajstić information content (AvgIpc) is 2.75. The highest BCUT2D eigenvalue weighted by Gasteiger charge is 2.14. The van der Waals surface area contributed by atoms with Crippen LogP contribution in [-0.2, 0) is 30.7 Å². The third-order valence-corrected chi connectivity index (χ3v) is 3.17. The number of hydrogen-bond acceptors (Lipinski definition) is 3. The second-order valence-corrected chi connectivity index (χ2v) is 4.43. The molecule has 18 heavy (non-hydrogen) atoms. The molecular formula is C14H26N2O2. The summed E-state index contributed by atoms with van der Waals surface area (Å²) in [6, 6.07) is 0. The molecule has 0 amide bonds. The van der Waals surface area contributed by atoms with Gasteiger partial charge in [-0.2, -0.15) is 5.10 Å². The summed E-state index contributed by atoms with van der Waals surface area (Å²) in [5, 5.41) is 14.0. The van der Waals surface area contributed by atoms with Crippen molar-refractivity contribution in [1.82, 2.24) is 9.78 Å². The van der Waals surface area contributed by atoms with Crippen LogP contribution in [0.3, 0.4) is 0 Å². The fraction of sp³-hybridized carbons (Fsp3) is 0.786. The van der Waals surface area contributed by atoms with Crippen molar-refractivity contribution in [2.24, 2.45) is 0 Å². The third kappa shape index (κ3) is 3.82. The van der Waals surface area contributed by atoms with Gasteiger partial charge in [0.15, 0.2) is 0 Å². The number of aliphatic hydroxyl groups excluding tert-OH is 1. The highest BCUT2D eigenvalue weighted by atomic mass is 16.5. The van der Waals surface area contributed by atoms with E-state index in [4.69, 9.17) is 4.74 Å². The monoisotopic (exact) mass is 254 g/mol. The van der Waals surface area contributed by atoms with E-state index in [1.54, 1.807) is 0 Å². The van der Waals surface area contributed by atoms with Crippen molar-refractivity contribution >= 4 is 0 Å². The number of unbranched alkanes of at least 4 members (excludes halogenated alkanes) is 1. The molecule has 1 aromatic heterocycles. The first-order valence-electron chi connectivity index (χ1n) is 7.04. The molecule has 0 radical (unpaired) electrons. The van der Waals surface area contributed by atoms with Crippen LogP contribution in [-0.4, -0.2) is 28.1 Å². The molecule has 0 saturated carbocycles. The van der Waals surface area contributed by atoms with Gasteiger partial charge < -0.3 is 9.84 Å². The molecular weight excluding hydrogens is 228 g/mol. The van der Waals surface area contributed by atoms with Gasteiger partial charge in [0.05, 0.1) is 25.5 Å². The molecule has 1 aromatic rings. The van der Waals surface area contributed by atoms with Crippen molar-refractivity contribution in [2.75, 3.05) is 13.2 Å². The minimum Gasteiger partial charge on any atom is -0.392 e. The van der Waals surface area contributed by atoms with Crippen molar-refractivity contribution in [1.29, 1.82) is 0 Å². The van der Waals surface area contributed by atoms with E-state index in [0.29, 0.717) is 6.61 Å². The number of aromatic nitrogens is 2. The van der Waals surface area contributed by atoms with Gasteiger partial charge in [-0.15, -0.1) is 0 Å². The molecule has 1 rings (SSSR count). The highest BCUT2D eigenvalue weighted by molar-refractivity contribution is 5.25. The minimum atomic E-state index is 0.0863. The number of ether oxygens (including phenoxy) is 1. The van der Waals surface area contributed by atoms with E-state index in [1.165, 1.54) is 0 Å². The van der Waals surface area contributed by atoms with Gasteiger partial charge >= 0.3 is 0 Å². The maximum absolute atomic E-state index is 9.43. The Morgan fingerprint density at radius 2 is 1.94 bits per heavy atom. The van der Waals surface area contributed by atoms with E-state index in [9.17, 15) is 5.11 Å². The fourth-order valence-corrected chi connectivity index (χ4v) is 2.14. The number of aliphatic hydroxyl groups is 1. The van der Waals surface area contributed by atoms with Gasteiger partial charge in [-0.25, -0.2) is 0 Å². The zero-order valence-electron chi connectivity index (χ0n) is 11.9. The zero-order chi connectivity index (χ0) is 13.4. The van der Waals surface area contributed by atoms with Gasteiger partial charge in [0, 0.05) is 17.9 Å². The van der Waals surface area contributed by atoms with Crippen LogP contribution >= 0.6 is 0 Å². The summed E-state index contributed by atoms with van der Waals surface area (Å²) >= 11 is 0. The lowest BCUT2D eigenvalue weighted by molar-refractivity contribution is 0.120. The summed E-state index contributed by atoms with van der Waals surface area (Å²) in [6.45, 7) is 8.72. The molecule has 0 aliphatic heterocycles. The van der Waals surface area contributed by atoms with E-state index in [2.05, 4.69) is 25.9 Å². The summed E-state index contributed by atoms with van der Waals surface area (Å²) in [4.78, 5) is 0. The Labute approximate surface area is 110 Å². The van der Waals surface area contributed by atoms with Gasteiger partial charge in [0.25, 0.3) is 0 Å². The predicted octanol–water partition coefficient (Wildman–Crippen LogP) is 2.32. The number of aryl methyl sites for hydroxylation is 1. The Bertz CT molecular complexity index is 348. The Hall–Kier alpha value is -0.870. The number of hydrogen-bond donors (Lipinski definition) is 1. The van der Waals surface area contributed by atoms with Crippen molar-refractivity contribution in [3.8, 4) is 0 Å². The van der Waals surface area contributed by atoms with Crippen LogP contribution in [0.4, 0.5) is 0 Å². The van der Waals surface area contributed by atoms with E-state index in [1.807, 2.05) is 4.68 Å². The third-order valence-electron chi connectivity index (χ3n) is 3.17. The van der Waals surface area contributed by atoms with E-state index >= 15 is 0 Å². The molecule has 4 heteroatoms. The molecule has 0 saturated heterocycles. The molecule has 104 valence electrons. The average molecular weight is 254 g/mol. The molecule has 0 fully saturated rings. The van der Waals surface area contributed by atoms with Crippen LogP contribution in [0.5, 0.6) is 0 Å². The largest absolute Gasteiger partial charge is 0.392 e. The number of nitrogens with zero attached hydrogens (tertiary/aromatic N) is 2. The molecule has 0 atom stereocenters. The van der Waals surface area contributed by atoms with Crippen LogP contribution in [0.25, 0.3) is 0 Å². The van der Waals surface area contributed by atoms with Crippen LogP contribution < -0.4 is 0 Å². The number of rotatable bonds is 9. The van der Waals surface area contributed by atoms with E-state index in [0.717, 1.165) is 55.8 Å². The Morgan fingerprint density at radius 1 is 1.17 bits per heavy atom. The van der Waals surface area contributed by atoms with Crippen LogP contribution in [0.1, 0.15) is 50.6 Å². The summed E-state index contributed by atoms with van der Waals surface area (Å²) in [5.41, 5.74) is 3.17. The second kappa shape index (κ2) is 8.27. The molecule has 1 heterocycles. The first-order chi connectivity index (χ1) is 8.78. The maximum Gasteiger partial charge on any atom is 0.0718 e. The zero-order valence-corrected chi connectivity index (χ0v) is 11.9. The first-order valence-corrected chi connectivity index (χ1v) is 7.04. The summed E-state index contributed by atoms with van der Waals surface area (Å²) in [7, 11) is 0. The van der Waals surface area contributed by atoms with Gasteiger partial charge in [-0.3, -0.25) is 4.68 Å². The summed E-state index contributed by atoms with van der Waals surface area (Å²) in [6.07, 6.45) is 4.04. The maximum atomic E-state index is 9.43. The Kier molecular flexibility index (Phi) is 6.98. The van der Waals surface area contributed by atoms with E-state index in [-0.39, 0.29) is 6.61 Å². The molecule has 4 nitrogen and oxygen atoms in total. The molecule has 1 N–H and O–H groups in total. The highest BCUT2D eigenvalue weighted by Crippen LogP contribution is 2.16.